The van der Waals surface area contributed by atoms with Gasteiger partial charge in [-0.15, -0.1) is 11.3 Å². The molecule has 0 saturated carbocycles. The molecule has 1 unspecified atom stereocenters. The highest BCUT2D eigenvalue weighted by Crippen LogP contribution is 2.36. The zero-order valence-electron chi connectivity index (χ0n) is 10.9. The first-order valence-electron chi connectivity index (χ1n) is 5.98. The molecule has 1 aromatic carbocycles. The Bertz CT molecular complexity index is 528. The fourth-order valence-electron chi connectivity index (χ4n) is 2.10. The van der Waals surface area contributed by atoms with Gasteiger partial charge in [0, 0.05) is 16.3 Å². The molecule has 0 radical (unpaired) electrons. The van der Waals surface area contributed by atoms with Crippen LogP contribution in [0.25, 0.3) is 0 Å². The van der Waals surface area contributed by atoms with Crippen molar-refractivity contribution in [2.75, 3.05) is 0 Å². The van der Waals surface area contributed by atoms with Crippen molar-refractivity contribution in [1.29, 1.82) is 0 Å². The number of thiophene rings is 1. The Morgan fingerprint density at radius 2 is 1.83 bits per heavy atom. The van der Waals surface area contributed by atoms with Gasteiger partial charge in [-0.25, -0.2) is 4.39 Å². The Hall–Kier alpha value is -1.19. The second-order valence-corrected chi connectivity index (χ2v) is 6.31. The molecule has 0 spiro atoms. The standard InChI is InChI=1S/C15H18FNS/c1-10-8-11(9-18-10)14(17)15(2,3)12-4-6-13(16)7-5-12/h4-9,14H,17H2,1-3H3. The molecule has 3 heteroatoms. The van der Waals surface area contributed by atoms with Crippen LogP contribution in [0.15, 0.2) is 35.7 Å². The van der Waals surface area contributed by atoms with Crippen molar-refractivity contribution in [2.24, 2.45) is 5.73 Å². The predicted molar refractivity (Wildman–Crippen MR) is 75.4 cm³/mol. The average molecular weight is 263 g/mol. The van der Waals surface area contributed by atoms with E-state index in [9.17, 15) is 4.39 Å². The zero-order valence-corrected chi connectivity index (χ0v) is 11.7. The lowest BCUT2D eigenvalue weighted by atomic mass is 9.76. The van der Waals surface area contributed by atoms with Crippen molar-refractivity contribution in [3.8, 4) is 0 Å². The first-order chi connectivity index (χ1) is 8.41. The lowest BCUT2D eigenvalue weighted by Gasteiger charge is -2.32. The van der Waals surface area contributed by atoms with E-state index in [0.717, 1.165) is 11.1 Å². The van der Waals surface area contributed by atoms with Crippen LogP contribution in [0.3, 0.4) is 0 Å². The van der Waals surface area contributed by atoms with Crippen LogP contribution in [0.1, 0.15) is 35.9 Å². The number of hydrogen-bond acceptors (Lipinski definition) is 2. The van der Waals surface area contributed by atoms with E-state index >= 15 is 0 Å². The van der Waals surface area contributed by atoms with Gasteiger partial charge in [-0.05, 0) is 41.6 Å². The van der Waals surface area contributed by atoms with Gasteiger partial charge in [0.05, 0.1) is 0 Å². The van der Waals surface area contributed by atoms with Crippen LogP contribution < -0.4 is 5.73 Å². The number of halogens is 1. The summed E-state index contributed by atoms with van der Waals surface area (Å²) in [6.07, 6.45) is 0. The maximum Gasteiger partial charge on any atom is 0.123 e. The third-order valence-electron chi connectivity index (χ3n) is 3.48. The van der Waals surface area contributed by atoms with E-state index in [-0.39, 0.29) is 17.3 Å². The van der Waals surface area contributed by atoms with Crippen LogP contribution in [-0.4, -0.2) is 0 Å². The molecule has 0 aliphatic rings. The molecule has 1 heterocycles. The van der Waals surface area contributed by atoms with E-state index in [1.807, 2.05) is 12.1 Å². The van der Waals surface area contributed by atoms with Crippen LogP contribution >= 0.6 is 11.3 Å². The normalized spacial score (nSPS) is 13.6. The van der Waals surface area contributed by atoms with Gasteiger partial charge in [0.15, 0.2) is 0 Å². The minimum Gasteiger partial charge on any atom is -0.323 e. The number of aryl methyl sites for hydroxylation is 1. The van der Waals surface area contributed by atoms with Crippen molar-refractivity contribution in [2.45, 2.75) is 32.2 Å². The topological polar surface area (TPSA) is 26.0 Å². The zero-order chi connectivity index (χ0) is 13.3. The molecule has 0 aliphatic heterocycles. The average Bonchev–Trinajstić information content (AvgIpc) is 2.75. The summed E-state index contributed by atoms with van der Waals surface area (Å²) >= 11 is 1.71. The second kappa shape index (κ2) is 4.82. The van der Waals surface area contributed by atoms with Crippen LogP contribution in [0.2, 0.25) is 0 Å². The number of hydrogen-bond donors (Lipinski definition) is 1. The van der Waals surface area contributed by atoms with Crippen molar-refractivity contribution < 1.29 is 4.39 Å². The lowest BCUT2D eigenvalue weighted by Crippen LogP contribution is -2.32. The third kappa shape index (κ3) is 2.47. The molecule has 0 amide bonds. The Labute approximate surface area is 111 Å². The van der Waals surface area contributed by atoms with E-state index in [0.29, 0.717) is 0 Å². The molecule has 18 heavy (non-hydrogen) atoms. The van der Waals surface area contributed by atoms with Gasteiger partial charge in [-0.2, -0.15) is 0 Å². The summed E-state index contributed by atoms with van der Waals surface area (Å²) < 4.78 is 13.0. The van der Waals surface area contributed by atoms with E-state index in [2.05, 4.69) is 32.2 Å². The number of rotatable bonds is 3. The molecule has 1 nitrogen and oxygen atoms in total. The van der Waals surface area contributed by atoms with Gasteiger partial charge in [0.25, 0.3) is 0 Å². The Kier molecular flexibility index (Phi) is 3.55. The summed E-state index contributed by atoms with van der Waals surface area (Å²) in [5.74, 6) is -0.213. The molecule has 0 saturated heterocycles. The van der Waals surface area contributed by atoms with Crippen LogP contribution in [0, 0.1) is 12.7 Å². The summed E-state index contributed by atoms with van der Waals surface area (Å²) in [5, 5.41) is 2.10. The predicted octanol–water partition coefficient (Wildman–Crippen LogP) is 4.17. The SMILES string of the molecule is Cc1cc(C(N)C(C)(C)c2ccc(F)cc2)cs1. The molecule has 1 aromatic heterocycles. The highest BCUT2D eigenvalue weighted by molar-refractivity contribution is 7.10. The van der Waals surface area contributed by atoms with E-state index in [1.165, 1.54) is 17.0 Å². The minimum absolute atomic E-state index is 0.0899. The largest absolute Gasteiger partial charge is 0.323 e. The highest BCUT2D eigenvalue weighted by Gasteiger charge is 2.30. The summed E-state index contributed by atoms with van der Waals surface area (Å²) in [6, 6.07) is 8.64. The second-order valence-electron chi connectivity index (χ2n) is 5.20. The highest BCUT2D eigenvalue weighted by atomic mass is 32.1. The summed E-state index contributed by atoms with van der Waals surface area (Å²) in [6.45, 7) is 6.27. The van der Waals surface area contributed by atoms with Crippen molar-refractivity contribution in [3.63, 3.8) is 0 Å². The summed E-state index contributed by atoms with van der Waals surface area (Å²) in [4.78, 5) is 1.26. The summed E-state index contributed by atoms with van der Waals surface area (Å²) in [7, 11) is 0. The molecule has 2 N–H and O–H groups in total. The molecule has 0 bridgehead atoms. The molecule has 2 rings (SSSR count). The minimum atomic E-state index is -0.221. The Morgan fingerprint density at radius 1 is 1.22 bits per heavy atom. The lowest BCUT2D eigenvalue weighted by molar-refractivity contribution is 0.421. The molecule has 96 valence electrons. The van der Waals surface area contributed by atoms with E-state index < -0.39 is 0 Å². The fourth-order valence-corrected chi connectivity index (χ4v) is 2.84. The van der Waals surface area contributed by atoms with Crippen molar-refractivity contribution >= 4 is 11.3 Å². The molecule has 2 aromatic rings. The molecule has 0 aliphatic carbocycles. The number of nitrogens with two attached hydrogens (primary N) is 1. The fraction of sp³-hybridized carbons (Fsp3) is 0.333. The third-order valence-corrected chi connectivity index (χ3v) is 4.36. The van der Waals surface area contributed by atoms with Gasteiger partial charge >= 0.3 is 0 Å². The van der Waals surface area contributed by atoms with Gasteiger partial charge in [-0.1, -0.05) is 26.0 Å². The van der Waals surface area contributed by atoms with Crippen molar-refractivity contribution in [3.05, 3.63) is 57.5 Å². The summed E-state index contributed by atoms with van der Waals surface area (Å²) in [5.41, 5.74) is 8.35. The van der Waals surface area contributed by atoms with Gasteiger partial charge in [-0.3, -0.25) is 0 Å². The monoisotopic (exact) mass is 263 g/mol. The van der Waals surface area contributed by atoms with Crippen LogP contribution in [-0.2, 0) is 5.41 Å². The van der Waals surface area contributed by atoms with Gasteiger partial charge < -0.3 is 5.73 Å². The molecule has 0 fully saturated rings. The smallest absolute Gasteiger partial charge is 0.123 e. The van der Waals surface area contributed by atoms with E-state index in [1.54, 1.807) is 11.3 Å². The first-order valence-corrected chi connectivity index (χ1v) is 6.86. The molecular weight excluding hydrogens is 245 g/mol. The van der Waals surface area contributed by atoms with Crippen molar-refractivity contribution in [1.82, 2.24) is 0 Å². The first kappa shape index (κ1) is 13.2. The van der Waals surface area contributed by atoms with Crippen LogP contribution in [0.5, 0.6) is 0 Å². The molecular formula is C15H18FNS. The van der Waals surface area contributed by atoms with Crippen LogP contribution in [0.4, 0.5) is 4.39 Å². The Balaban J connectivity index is 2.32. The number of benzene rings is 1. The molecule has 1 atom stereocenters. The van der Waals surface area contributed by atoms with Gasteiger partial charge in [0.2, 0.25) is 0 Å². The maximum absolute atomic E-state index is 13.0. The quantitative estimate of drug-likeness (QED) is 0.883. The maximum atomic E-state index is 13.0. The van der Waals surface area contributed by atoms with E-state index in [4.69, 9.17) is 5.73 Å². The Morgan fingerprint density at radius 3 is 2.33 bits per heavy atom. The van der Waals surface area contributed by atoms with Gasteiger partial charge in [0.1, 0.15) is 5.82 Å².